The molecule has 31 heavy (non-hydrogen) atoms. The Morgan fingerprint density at radius 2 is 1.55 bits per heavy atom. The summed E-state index contributed by atoms with van der Waals surface area (Å²) in [5, 5.41) is 8.14. The van der Waals surface area contributed by atoms with Gasteiger partial charge in [0, 0.05) is 29.9 Å². The van der Waals surface area contributed by atoms with Gasteiger partial charge in [-0.15, -0.1) is 0 Å². The highest BCUT2D eigenvalue weighted by atomic mass is 79.9. The van der Waals surface area contributed by atoms with Gasteiger partial charge in [0.25, 0.3) is 17.7 Å². The molecule has 0 saturated heterocycles. The monoisotopic (exact) mass is 485 g/mol. The smallest absolute Gasteiger partial charge is 0.291 e. The highest BCUT2D eigenvalue weighted by molar-refractivity contribution is 9.10. The first kappa shape index (κ1) is 22.1. The van der Waals surface area contributed by atoms with Gasteiger partial charge in [0.1, 0.15) is 5.75 Å². The lowest BCUT2D eigenvalue weighted by atomic mass is 10.2. The zero-order valence-corrected chi connectivity index (χ0v) is 18.2. The molecule has 1 heterocycles. The van der Waals surface area contributed by atoms with Crippen molar-refractivity contribution in [1.82, 2.24) is 10.6 Å². The van der Waals surface area contributed by atoms with Gasteiger partial charge in [-0.1, -0.05) is 6.07 Å². The Bertz CT molecular complexity index is 1080. The van der Waals surface area contributed by atoms with Crippen LogP contribution in [0, 0.1) is 0 Å². The van der Waals surface area contributed by atoms with E-state index in [1.54, 1.807) is 61.7 Å². The molecule has 3 rings (SSSR count). The van der Waals surface area contributed by atoms with E-state index in [2.05, 4.69) is 31.9 Å². The molecule has 0 aliphatic rings. The highest BCUT2D eigenvalue weighted by Gasteiger charge is 2.12. The van der Waals surface area contributed by atoms with Gasteiger partial charge in [-0.25, -0.2) is 0 Å². The normalized spacial score (nSPS) is 10.3. The molecule has 1 aromatic heterocycles. The number of rotatable bonds is 8. The number of anilines is 1. The third-order valence-corrected chi connectivity index (χ3v) is 4.65. The number of methoxy groups -OCH3 is 1. The molecule has 9 heteroatoms. The molecule has 0 aliphatic carbocycles. The number of ether oxygens (including phenoxy) is 1. The van der Waals surface area contributed by atoms with Crippen LogP contribution in [0.4, 0.5) is 5.69 Å². The summed E-state index contributed by atoms with van der Waals surface area (Å²) in [5.41, 5.74) is 1.33. The zero-order valence-electron chi connectivity index (χ0n) is 16.6. The van der Waals surface area contributed by atoms with Gasteiger partial charge in [-0.05, 0) is 70.5 Å². The van der Waals surface area contributed by atoms with Crippen molar-refractivity contribution in [2.24, 2.45) is 0 Å². The summed E-state index contributed by atoms with van der Waals surface area (Å²) in [4.78, 5) is 36.6. The summed E-state index contributed by atoms with van der Waals surface area (Å²) in [6.07, 6.45) is 0. The molecule has 0 fully saturated rings. The summed E-state index contributed by atoms with van der Waals surface area (Å²) in [7, 11) is 1.56. The number of halogens is 1. The van der Waals surface area contributed by atoms with E-state index in [1.165, 1.54) is 6.07 Å². The predicted molar refractivity (Wildman–Crippen MR) is 118 cm³/mol. The van der Waals surface area contributed by atoms with Gasteiger partial charge in [0.2, 0.25) is 0 Å². The Morgan fingerprint density at radius 3 is 2.16 bits per heavy atom. The van der Waals surface area contributed by atoms with Crippen molar-refractivity contribution in [2.75, 3.05) is 25.5 Å². The lowest BCUT2D eigenvalue weighted by Gasteiger charge is -2.09. The molecule has 0 aliphatic heterocycles. The zero-order chi connectivity index (χ0) is 22.2. The van der Waals surface area contributed by atoms with Crippen molar-refractivity contribution in [2.45, 2.75) is 0 Å². The molecule has 8 nitrogen and oxygen atoms in total. The van der Waals surface area contributed by atoms with E-state index in [4.69, 9.17) is 9.15 Å². The first-order chi connectivity index (χ1) is 15.0. The molecule has 0 radical (unpaired) electrons. The minimum Gasteiger partial charge on any atom is -0.497 e. The summed E-state index contributed by atoms with van der Waals surface area (Å²) < 4.78 is 10.7. The van der Waals surface area contributed by atoms with Crippen LogP contribution in [-0.4, -0.2) is 37.9 Å². The molecule has 0 spiro atoms. The van der Waals surface area contributed by atoms with E-state index < -0.39 is 5.91 Å². The number of hydrogen-bond acceptors (Lipinski definition) is 5. The lowest BCUT2D eigenvalue weighted by molar-refractivity contribution is 0.0927. The number of benzene rings is 2. The highest BCUT2D eigenvalue weighted by Crippen LogP contribution is 2.17. The van der Waals surface area contributed by atoms with E-state index in [1.807, 2.05) is 0 Å². The molecule has 0 unspecified atom stereocenters. The van der Waals surface area contributed by atoms with Gasteiger partial charge in [0.05, 0.1) is 7.11 Å². The van der Waals surface area contributed by atoms with Crippen molar-refractivity contribution in [3.63, 3.8) is 0 Å². The Morgan fingerprint density at radius 1 is 0.871 bits per heavy atom. The van der Waals surface area contributed by atoms with Crippen molar-refractivity contribution < 1.29 is 23.5 Å². The Labute approximate surface area is 187 Å². The fraction of sp³-hybridized carbons (Fsp3) is 0.136. The maximum Gasteiger partial charge on any atom is 0.291 e. The number of furan rings is 1. The van der Waals surface area contributed by atoms with Crippen LogP contribution in [0.1, 0.15) is 31.3 Å². The minimum absolute atomic E-state index is 0.148. The minimum atomic E-state index is -0.426. The number of hydrogen-bond donors (Lipinski definition) is 3. The van der Waals surface area contributed by atoms with Crippen LogP contribution in [0.2, 0.25) is 0 Å². The first-order valence-corrected chi connectivity index (χ1v) is 10.1. The Hall–Kier alpha value is -3.59. The number of amides is 3. The van der Waals surface area contributed by atoms with Crippen molar-refractivity contribution in [3.8, 4) is 5.75 Å². The Kier molecular flexibility index (Phi) is 7.45. The van der Waals surface area contributed by atoms with Crippen LogP contribution in [-0.2, 0) is 0 Å². The van der Waals surface area contributed by atoms with Crippen LogP contribution in [0.25, 0.3) is 0 Å². The molecule has 3 N–H and O–H groups in total. The third kappa shape index (κ3) is 6.19. The largest absolute Gasteiger partial charge is 0.497 e. The van der Waals surface area contributed by atoms with Crippen LogP contribution < -0.4 is 20.7 Å². The van der Waals surface area contributed by atoms with Crippen LogP contribution in [0.15, 0.2) is 69.8 Å². The van der Waals surface area contributed by atoms with E-state index in [0.717, 1.165) is 0 Å². The third-order valence-electron chi connectivity index (χ3n) is 4.23. The standard InChI is InChI=1S/C22H20BrN3O5/c1-30-17-7-5-14(6-8-17)20(27)24-11-12-25-21(28)15-3-2-4-16(13-15)26-22(29)18-9-10-19(23)31-18/h2-10,13H,11-12H2,1H3,(H,24,27)(H,25,28)(H,26,29). The molecule has 0 bridgehead atoms. The average molecular weight is 486 g/mol. The van der Waals surface area contributed by atoms with Crippen molar-refractivity contribution in [3.05, 3.63) is 82.2 Å². The van der Waals surface area contributed by atoms with Crippen LogP contribution >= 0.6 is 15.9 Å². The van der Waals surface area contributed by atoms with Gasteiger partial charge < -0.3 is 25.1 Å². The maximum atomic E-state index is 12.4. The van der Waals surface area contributed by atoms with E-state index in [9.17, 15) is 14.4 Å². The number of carbonyl (C=O) groups is 3. The SMILES string of the molecule is COc1ccc(C(=O)NCCNC(=O)c2cccc(NC(=O)c3ccc(Br)o3)c2)cc1. The second-order valence-corrected chi connectivity index (χ2v) is 7.16. The second-order valence-electron chi connectivity index (χ2n) is 6.38. The van der Waals surface area contributed by atoms with Crippen molar-refractivity contribution >= 4 is 39.3 Å². The summed E-state index contributed by atoms with van der Waals surface area (Å²) in [6.45, 7) is 0.512. The van der Waals surface area contributed by atoms with E-state index >= 15 is 0 Å². The van der Waals surface area contributed by atoms with E-state index in [0.29, 0.717) is 27.2 Å². The molecule has 2 aromatic carbocycles. The molecule has 160 valence electrons. The first-order valence-electron chi connectivity index (χ1n) is 9.33. The van der Waals surface area contributed by atoms with Gasteiger partial charge in [-0.3, -0.25) is 14.4 Å². The maximum absolute atomic E-state index is 12.4. The Balaban J connectivity index is 1.47. The van der Waals surface area contributed by atoms with E-state index in [-0.39, 0.29) is 30.7 Å². The molecule has 3 aromatic rings. The topological polar surface area (TPSA) is 110 Å². The average Bonchev–Trinajstić information content (AvgIpc) is 3.23. The molecular weight excluding hydrogens is 466 g/mol. The van der Waals surface area contributed by atoms with Gasteiger partial charge in [-0.2, -0.15) is 0 Å². The lowest BCUT2D eigenvalue weighted by Crippen LogP contribution is -2.34. The summed E-state index contributed by atoms with van der Waals surface area (Å²) >= 11 is 3.14. The number of nitrogens with one attached hydrogen (secondary N) is 3. The molecule has 3 amide bonds. The quantitative estimate of drug-likeness (QED) is 0.423. The fourth-order valence-electron chi connectivity index (χ4n) is 2.67. The summed E-state index contributed by atoms with van der Waals surface area (Å²) in [6, 6.07) is 16.4. The van der Waals surface area contributed by atoms with Gasteiger partial charge in [0.15, 0.2) is 10.4 Å². The number of carbonyl (C=O) groups excluding carboxylic acids is 3. The predicted octanol–water partition coefficient (Wildman–Crippen LogP) is 3.46. The van der Waals surface area contributed by atoms with Crippen molar-refractivity contribution in [1.29, 1.82) is 0 Å². The van der Waals surface area contributed by atoms with Crippen LogP contribution in [0.3, 0.4) is 0 Å². The molecule has 0 saturated carbocycles. The fourth-order valence-corrected chi connectivity index (χ4v) is 2.97. The second kappa shape index (κ2) is 10.4. The van der Waals surface area contributed by atoms with Crippen LogP contribution in [0.5, 0.6) is 5.75 Å². The molecule has 0 atom stereocenters. The van der Waals surface area contributed by atoms with Gasteiger partial charge >= 0.3 is 0 Å². The molecular formula is C22H20BrN3O5. The summed E-state index contributed by atoms with van der Waals surface area (Å²) in [5.74, 6) is -0.181.